The maximum atomic E-state index is 12.6. The molecule has 0 radical (unpaired) electrons. The Kier molecular flexibility index (Phi) is 5.31. The van der Waals surface area contributed by atoms with Gasteiger partial charge in [-0.05, 0) is 53.1 Å². The second-order valence-electron chi connectivity index (χ2n) is 6.10. The topological polar surface area (TPSA) is 110 Å². The predicted molar refractivity (Wildman–Crippen MR) is 104 cm³/mol. The second kappa shape index (κ2) is 7.51. The fourth-order valence-corrected chi connectivity index (χ4v) is 3.68. The number of thiophene rings is 1. The summed E-state index contributed by atoms with van der Waals surface area (Å²) >= 11 is 1.55. The van der Waals surface area contributed by atoms with Gasteiger partial charge >= 0.3 is 6.03 Å². The van der Waals surface area contributed by atoms with E-state index in [1.165, 1.54) is 17.0 Å². The number of carbonyl (C=O) groups is 1. The van der Waals surface area contributed by atoms with Crippen LogP contribution in [0.5, 0.6) is 0 Å². The van der Waals surface area contributed by atoms with Gasteiger partial charge in [-0.15, -0.1) is 0 Å². The minimum Gasteiger partial charge on any atom is -0.323 e. The van der Waals surface area contributed by atoms with Crippen LogP contribution in [0.2, 0.25) is 0 Å². The molecule has 10 heteroatoms. The van der Waals surface area contributed by atoms with Gasteiger partial charge in [0, 0.05) is 19.8 Å². The zero-order valence-electron chi connectivity index (χ0n) is 14.8. The van der Waals surface area contributed by atoms with Gasteiger partial charge in [-0.1, -0.05) is 0 Å². The van der Waals surface area contributed by atoms with Crippen LogP contribution in [0, 0.1) is 6.92 Å². The molecule has 27 heavy (non-hydrogen) atoms. The van der Waals surface area contributed by atoms with Crippen LogP contribution in [0.3, 0.4) is 0 Å². The lowest BCUT2D eigenvalue weighted by atomic mass is 10.2. The number of nitrogens with one attached hydrogen (secondary N) is 1. The number of urea groups is 1. The maximum absolute atomic E-state index is 12.6. The Morgan fingerprint density at radius 2 is 2.15 bits per heavy atom. The van der Waals surface area contributed by atoms with Crippen molar-refractivity contribution in [1.29, 1.82) is 0 Å². The molecule has 3 N–H and O–H groups in total. The largest absolute Gasteiger partial charge is 0.323 e. The highest BCUT2D eigenvalue weighted by Gasteiger charge is 2.17. The summed E-state index contributed by atoms with van der Waals surface area (Å²) in [4.78, 5) is 14.0. The second-order valence-corrected chi connectivity index (χ2v) is 8.45. The number of sulfonamides is 1. The lowest BCUT2D eigenvalue weighted by Crippen LogP contribution is -2.31. The highest BCUT2D eigenvalue weighted by molar-refractivity contribution is 7.89. The van der Waals surface area contributed by atoms with Gasteiger partial charge in [-0.3, -0.25) is 0 Å². The molecule has 2 amide bonds. The Hall–Kier alpha value is -2.69. The van der Waals surface area contributed by atoms with Crippen molar-refractivity contribution in [2.24, 2.45) is 5.14 Å². The average Bonchev–Trinajstić information content (AvgIpc) is 3.25. The molecule has 2 heterocycles. The number of aromatic nitrogens is 2. The van der Waals surface area contributed by atoms with Gasteiger partial charge in [0.25, 0.3) is 0 Å². The third kappa shape index (κ3) is 4.54. The van der Waals surface area contributed by atoms with E-state index < -0.39 is 10.0 Å². The molecule has 0 saturated heterocycles. The summed E-state index contributed by atoms with van der Waals surface area (Å²) in [5.41, 5.74) is 2.77. The SMILES string of the molecule is Cc1cnn(-c2ccc(S(N)(=O)=O)cc2NC(=O)N(C)Cc2ccsc2)c1. The molecule has 1 aromatic carbocycles. The monoisotopic (exact) mass is 405 g/mol. The van der Waals surface area contributed by atoms with Crippen molar-refractivity contribution in [2.75, 3.05) is 12.4 Å². The molecule has 0 bridgehead atoms. The highest BCUT2D eigenvalue weighted by atomic mass is 32.2. The molecule has 8 nitrogen and oxygen atoms in total. The van der Waals surface area contributed by atoms with Crippen molar-refractivity contribution in [3.05, 3.63) is 58.5 Å². The molecule has 0 aliphatic heterocycles. The maximum Gasteiger partial charge on any atom is 0.321 e. The smallest absolute Gasteiger partial charge is 0.321 e. The minimum atomic E-state index is -3.91. The Balaban J connectivity index is 1.92. The van der Waals surface area contributed by atoms with Gasteiger partial charge in [-0.2, -0.15) is 16.4 Å². The summed E-state index contributed by atoms with van der Waals surface area (Å²) in [7, 11) is -2.25. The first kappa shape index (κ1) is 19.1. The zero-order valence-corrected chi connectivity index (χ0v) is 16.4. The summed E-state index contributed by atoms with van der Waals surface area (Å²) in [6.07, 6.45) is 3.44. The Morgan fingerprint density at radius 1 is 1.37 bits per heavy atom. The van der Waals surface area contributed by atoms with Crippen molar-refractivity contribution in [1.82, 2.24) is 14.7 Å². The summed E-state index contributed by atoms with van der Waals surface area (Å²) in [5.74, 6) is 0. The van der Waals surface area contributed by atoms with E-state index >= 15 is 0 Å². The number of nitrogens with zero attached hydrogens (tertiary/aromatic N) is 3. The van der Waals surface area contributed by atoms with Gasteiger partial charge in [0.1, 0.15) is 0 Å². The normalized spacial score (nSPS) is 11.4. The molecular weight excluding hydrogens is 386 g/mol. The number of primary sulfonamides is 1. The first-order valence-electron chi connectivity index (χ1n) is 7.96. The summed E-state index contributed by atoms with van der Waals surface area (Å²) in [5, 5.41) is 16.1. The van der Waals surface area contributed by atoms with Crippen molar-refractivity contribution in [3.63, 3.8) is 0 Å². The van der Waals surface area contributed by atoms with E-state index in [1.807, 2.05) is 23.8 Å². The molecule has 0 aliphatic rings. The van der Waals surface area contributed by atoms with Crippen LogP contribution < -0.4 is 10.5 Å². The molecule has 0 atom stereocenters. The lowest BCUT2D eigenvalue weighted by Gasteiger charge is -2.19. The first-order chi connectivity index (χ1) is 12.7. The molecule has 0 unspecified atom stereocenters. The number of carbonyl (C=O) groups excluding carboxylic acids is 1. The minimum absolute atomic E-state index is 0.0917. The van der Waals surface area contributed by atoms with Crippen molar-refractivity contribution in [2.45, 2.75) is 18.4 Å². The highest BCUT2D eigenvalue weighted by Crippen LogP contribution is 2.24. The van der Waals surface area contributed by atoms with Crippen LogP contribution in [-0.4, -0.2) is 36.2 Å². The van der Waals surface area contributed by atoms with Gasteiger partial charge in [0.2, 0.25) is 10.0 Å². The molecular formula is C17H19N5O3S2. The standard InChI is InChI=1S/C17H19N5O3S2/c1-12-8-19-22(9-12)16-4-3-14(27(18,24)25)7-15(16)20-17(23)21(2)10-13-5-6-26-11-13/h3-9,11H,10H2,1-2H3,(H,20,23)(H2,18,24,25). The lowest BCUT2D eigenvalue weighted by molar-refractivity contribution is 0.220. The van der Waals surface area contributed by atoms with Gasteiger partial charge in [0.05, 0.1) is 22.5 Å². The van der Waals surface area contributed by atoms with Crippen LogP contribution in [-0.2, 0) is 16.6 Å². The zero-order chi connectivity index (χ0) is 19.6. The van der Waals surface area contributed by atoms with Crippen molar-refractivity contribution >= 4 is 33.1 Å². The van der Waals surface area contributed by atoms with E-state index in [2.05, 4.69) is 10.4 Å². The van der Waals surface area contributed by atoms with E-state index in [1.54, 1.807) is 41.5 Å². The van der Waals surface area contributed by atoms with Gasteiger partial charge in [0.15, 0.2) is 0 Å². The third-order valence-corrected chi connectivity index (χ3v) is 5.49. The van der Waals surface area contributed by atoms with Crippen LogP contribution in [0.4, 0.5) is 10.5 Å². The van der Waals surface area contributed by atoms with E-state index in [0.29, 0.717) is 17.9 Å². The third-order valence-electron chi connectivity index (χ3n) is 3.84. The molecule has 3 aromatic rings. The van der Waals surface area contributed by atoms with Gasteiger partial charge in [-0.25, -0.2) is 23.0 Å². The number of amides is 2. The number of hydrogen-bond donors (Lipinski definition) is 2. The number of benzene rings is 1. The van der Waals surface area contributed by atoms with E-state index in [9.17, 15) is 13.2 Å². The quantitative estimate of drug-likeness (QED) is 0.679. The fraction of sp³-hybridized carbons (Fsp3) is 0.176. The first-order valence-corrected chi connectivity index (χ1v) is 10.4. The molecule has 0 fully saturated rings. The van der Waals surface area contributed by atoms with Crippen LogP contribution >= 0.6 is 11.3 Å². The molecule has 3 rings (SSSR count). The molecule has 0 aliphatic carbocycles. The molecule has 0 saturated carbocycles. The Bertz CT molecular complexity index is 1060. The number of rotatable bonds is 5. The average molecular weight is 406 g/mol. The Labute approximate surface area is 161 Å². The Morgan fingerprint density at radius 3 is 2.74 bits per heavy atom. The van der Waals surface area contributed by atoms with E-state index in [0.717, 1.165) is 11.1 Å². The molecule has 0 spiro atoms. The van der Waals surface area contributed by atoms with Crippen molar-refractivity contribution in [3.8, 4) is 5.69 Å². The van der Waals surface area contributed by atoms with Gasteiger partial charge < -0.3 is 10.2 Å². The van der Waals surface area contributed by atoms with Crippen LogP contribution in [0.25, 0.3) is 5.69 Å². The summed E-state index contributed by atoms with van der Waals surface area (Å²) in [6, 6.07) is 5.83. The molecule has 2 aromatic heterocycles. The fourth-order valence-electron chi connectivity index (χ4n) is 2.48. The number of aryl methyl sites for hydroxylation is 1. The summed E-state index contributed by atoms with van der Waals surface area (Å²) in [6.45, 7) is 2.32. The van der Waals surface area contributed by atoms with E-state index in [4.69, 9.17) is 5.14 Å². The number of hydrogen-bond acceptors (Lipinski definition) is 5. The predicted octanol–water partition coefficient (Wildman–Crippen LogP) is 2.55. The summed E-state index contributed by atoms with van der Waals surface area (Å²) < 4.78 is 25.0. The van der Waals surface area contributed by atoms with Crippen molar-refractivity contribution < 1.29 is 13.2 Å². The van der Waals surface area contributed by atoms with Crippen LogP contribution in [0.1, 0.15) is 11.1 Å². The van der Waals surface area contributed by atoms with Crippen LogP contribution in [0.15, 0.2) is 52.3 Å². The number of nitrogens with two attached hydrogens (primary N) is 1. The number of anilines is 1. The molecule has 142 valence electrons. The van der Waals surface area contributed by atoms with E-state index in [-0.39, 0.29) is 10.9 Å².